The zero-order chi connectivity index (χ0) is 36.7. The van der Waals surface area contributed by atoms with Gasteiger partial charge in [0.2, 0.25) is 0 Å². The van der Waals surface area contributed by atoms with Gasteiger partial charge in [-0.05, 0) is 116 Å². The fourth-order valence-electron chi connectivity index (χ4n) is 9.42. The molecule has 0 fully saturated rings. The topological polar surface area (TPSA) is 16.4 Å². The second-order valence-electron chi connectivity index (χ2n) is 15.7. The lowest BCUT2D eigenvalue weighted by atomic mass is 9.82. The number of hydrogen-bond donors (Lipinski definition) is 0. The van der Waals surface area contributed by atoms with Gasteiger partial charge in [0, 0.05) is 39.2 Å². The third kappa shape index (κ3) is 5.02. The van der Waals surface area contributed by atoms with Crippen LogP contribution in [0.4, 0.5) is 17.1 Å². The molecule has 0 amide bonds. The van der Waals surface area contributed by atoms with Crippen LogP contribution < -0.4 is 4.90 Å². The number of benzene rings is 8. The highest BCUT2D eigenvalue weighted by Crippen LogP contribution is 2.51. The third-order valence-corrected chi connectivity index (χ3v) is 12.2. The highest BCUT2D eigenvalue weighted by atomic mass is 16.3. The lowest BCUT2D eigenvalue weighted by Gasteiger charge is -2.32. The number of allylic oxidation sites excluding steroid dienone is 1. The number of rotatable bonds is 5. The van der Waals surface area contributed by atoms with E-state index in [0.29, 0.717) is 0 Å². The van der Waals surface area contributed by atoms with Crippen LogP contribution in [0.5, 0.6) is 0 Å². The van der Waals surface area contributed by atoms with Gasteiger partial charge in [-0.25, -0.2) is 0 Å². The number of nitrogens with zero attached hydrogens (tertiary/aromatic N) is 1. The van der Waals surface area contributed by atoms with Crippen LogP contribution >= 0.6 is 0 Å². The summed E-state index contributed by atoms with van der Waals surface area (Å²) in [4.78, 5) is 2.48. The van der Waals surface area contributed by atoms with Crippen molar-refractivity contribution in [3.63, 3.8) is 0 Å². The van der Waals surface area contributed by atoms with Crippen LogP contribution in [0.1, 0.15) is 47.6 Å². The van der Waals surface area contributed by atoms with Crippen molar-refractivity contribution in [2.24, 2.45) is 0 Å². The van der Waals surface area contributed by atoms with Crippen molar-refractivity contribution < 1.29 is 4.42 Å². The average Bonchev–Trinajstić information content (AvgIpc) is 3.73. The smallest absolute Gasteiger partial charge is 0.136 e. The Labute approximate surface area is 321 Å². The van der Waals surface area contributed by atoms with Crippen molar-refractivity contribution >= 4 is 55.8 Å². The Kier molecular flexibility index (Phi) is 7.06. The first-order valence-corrected chi connectivity index (χ1v) is 19.4. The van der Waals surface area contributed by atoms with Gasteiger partial charge in [-0.1, -0.05) is 147 Å². The molecule has 2 aliphatic carbocycles. The lowest BCUT2D eigenvalue weighted by Crippen LogP contribution is -2.18. The molecule has 0 saturated heterocycles. The van der Waals surface area contributed by atoms with Crippen LogP contribution in [0.15, 0.2) is 180 Å². The van der Waals surface area contributed by atoms with Crippen LogP contribution in [-0.4, -0.2) is 0 Å². The number of para-hydroxylation sites is 2. The highest BCUT2D eigenvalue weighted by molar-refractivity contribution is 6.19. The number of furan rings is 1. The van der Waals surface area contributed by atoms with Crippen molar-refractivity contribution in [2.45, 2.75) is 31.6 Å². The van der Waals surface area contributed by atoms with Crippen molar-refractivity contribution in [3.8, 4) is 22.3 Å². The quantitative estimate of drug-likeness (QED) is 0.177. The van der Waals surface area contributed by atoms with Crippen LogP contribution in [0.2, 0.25) is 0 Å². The van der Waals surface area contributed by atoms with E-state index in [2.05, 4.69) is 189 Å². The number of anilines is 3. The standard InChI is InChI=1S/C53H39NO/c1-53(2)47-16-8-5-14-44(47)45-29-27-41(33-48(45)53)54(49-17-9-6-13-42(49)38-20-19-34-11-3-4-12-36(34)31-38)40-25-21-35(22-26-40)37-23-28-43-39(32-37)24-30-51-52(43)46-15-7-10-18-50(46)55-51/h3-30,32-33,38H,31H2,1-2H3. The second-order valence-corrected chi connectivity index (χ2v) is 15.7. The lowest BCUT2D eigenvalue weighted by molar-refractivity contribution is 0.660. The summed E-state index contributed by atoms with van der Waals surface area (Å²) in [7, 11) is 0. The summed E-state index contributed by atoms with van der Waals surface area (Å²) in [5.74, 6) is 0.263. The predicted octanol–water partition coefficient (Wildman–Crippen LogP) is 14.5. The Morgan fingerprint density at radius 2 is 1.31 bits per heavy atom. The van der Waals surface area contributed by atoms with Crippen molar-refractivity contribution in [1.82, 2.24) is 0 Å². The minimum atomic E-state index is -0.1000. The Balaban J connectivity index is 1.03. The molecule has 9 aromatic rings. The molecule has 8 aromatic carbocycles. The van der Waals surface area contributed by atoms with E-state index in [9.17, 15) is 0 Å². The van der Waals surface area contributed by atoms with E-state index in [1.807, 2.05) is 12.1 Å². The molecule has 1 unspecified atom stereocenters. The molecule has 1 aromatic heterocycles. The minimum absolute atomic E-state index is 0.1000. The van der Waals surface area contributed by atoms with Crippen LogP contribution in [0, 0.1) is 0 Å². The first kappa shape index (κ1) is 31.8. The Bertz CT molecular complexity index is 3000. The van der Waals surface area contributed by atoms with Gasteiger partial charge in [0.15, 0.2) is 0 Å². The van der Waals surface area contributed by atoms with Gasteiger partial charge in [-0.3, -0.25) is 0 Å². The number of fused-ring (bicyclic) bond motifs is 9. The van der Waals surface area contributed by atoms with Gasteiger partial charge in [0.25, 0.3) is 0 Å². The van der Waals surface area contributed by atoms with Gasteiger partial charge in [-0.2, -0.15) is 0 Å². The van der Waals surface area contributed by atoms with E-state index in [4.69, 9.17) is 4.42 Å². The molecule has 0 spiro atoms. The summed E-state index contributed by atoms with van der Waals surface area (Å²) >= 11 is 0. The van der Waals surface area contributed by atoms with Crippen LogP contribution in [0.25, 0.3) is 61.0 Å². The fraction of sp³-hybridized carbons (Fsp3) is 0.0943. The van der Waals surface area contributed by atoms with Crippen LogP contribution in [0.3, 0.4) is 0 Å². The second kappa shape index (κ2) is 12.2. The zero-order valence-corrected chi connectivity index (χ0v) is 31.0. The normalized spacial score (nSPS) is 15.3. The molecule has 0 saturated carbocycles. The predicted molar refractivity (Wildman–Crippen MR) is 231 cm³/mol. The van der Waals surface area contributed by atoms with E-state index in [1.165, 1.54) is 77.6 Å². The highest BCUT2D eigenvalue weighted by Gasteiger charge is 2.36. The van der Waals surface area contributed by atoms with E-state index >= 15 is 0 Å². The maximum absolute atomic E-state index is 6.19. The summed E-state index contributed by atoms with van der Waals surface area (Å²) in [6.07, 6.45) is 5.68. The van der Waals surface area contributed by atoms with Crippen LogP contribution in [-0.2, 0) is 11.8 Å². The molecular formula is C53H39NO. The van der Waals surface area contributed by atoms with Gasteiger partial charge in [-0.15, -0.1) is 0 Å². The van der Waals surface area contributed by atoms with Crippen molar-refractivity contribution in [2.75, 3.05) is 4.90 Å². The molecule has 2 aliphatic rings. The Hall–Kier alpha value is -6.64. The van der Waals surface area contributed by atoms with E-state index in [0.717, 1.165) is 28.7 Å². The molecule has 55 heavy (non-hydrogen) atoms. The molecule has 11 rings (SSSR count). The van der Waals surface area contributed by atoms with Crippen molar-refractivity contribution in [3.05, 3.63) is 204 Å². The third-order valence-electron chi connectivity index (χ3n) is 12.2. The summed E-state index contributed by atoms with van der Waals surface area (Å²) < 4.78 is 6.19. The van der Waals surface area contributed by atoms with Gasteiger partial charge in [0.1, 0.15) is 11.2 Å². The molecule has 1 heterocycles. The van der Waals surface area contributed by atoms with Gasteiger partial charge in [0.05, 0.1) is 0 Å². The largest absolute Gasteiger partial charge is 0.456 e. The molecule has 0 radical (unpaired) electrons. The van der Waals surface area contributed by atoms with Crippen molar-refractivity contribution in [1.29, 1.82) is 0 Å². The molecule has 0 N–H and O–H groups in total. The molecule has 2 heteroatoms. The molecule has 1 atom stereocenters. The van der Waals surface area contributed by atoms with E-state index < -0.39 is 0 Å². The first-order chi connectivity index (χ1) is 27.0. The van der Waals surface area contributed by atoms with E-state index in [-0.39, 0.29) is 11.3 Å². The Morgan fingerprint density at radius 3 is 2.24 bits per heavy atom. The van der Waals surface area contributed by atoms with Gasteiger partial charge < -0.3 is 9.32 Å². The minimum Gasteiger partial charge on any atom is -0.456 e. The maximum atomic E-state index is 6.19. The molecule has 0 bridgehead atoms. The summed E-state index contributed by atoms with van der Waals surface area (Å²) in [5.41, 5.74) is 17.1. The summed E-state index contributed by atoms with van der Waals surface area (Å²) in [5, 5.41) is 4.76. The molecule has 0 aliphatic heterocycles. The maximum Gasteiger partial charge on any atom is 0.136 e. The number of hydrogen-bond acceptors (Lipinski definition) is 2. The molecule has 262 valence electrons. The molecule has 2 nitrogen and oxygen atoms in total. The first-order valence-electron chi connectivity index (χ1n) is 19.4. The summed E-state index contributed by atoms with van der Waals surface area (Å²) in [6.45, 7) is 4.73. The summed E-state index contributed by atoms with van der Waals surface area (Å²) in [6, 6.07) is 62.4. The fourth-order valence-corrected chi connectivity index (χ4v) is 9.42. The Morgan fingerprint density at radius 1 is 0.564 bits per heavy atom. The van der Waals surface area contributed by atoms with Gasteiger partial charge >= 0.3 is 0 Å². The van der Waals surface area contributed by atoms with E-state index in [1.54, 1.807) is 0 Å². The monoisotopic (exact) mass is 705 g/mol. The average molecular weight is 706 g/mol. The molecular weight excluding hydrogens is 667 g/mol. The SMILES string of the molecule is CC1(C)c2ccccc2-c2ccc(N(c3ccc(-c4ccc5c(ccc6oc7ccccc7c65)c4)cc3)c3ccccc3C3C=Cc4ccccc4C3)cc21. The zero-order valence-electron chi connectivity index (χ0n) is 31.0.